The van der Waals surface area contributed by atoms with Crippen LogP contribution in [0.4, 0.5) is 10.8 Å². The standard InChI is InChI=1S/C10H12N4S/c1-7-4-5-9(8(2)6-7)14(3)10-11-12-13-15-10/h4-6H,1-3H3. The topological polar surface area (TPSA) is 41.9 Å². The summed E-state index contributed by atoms with van der Waals surface area (Å²) in [6.07, 6.45) is 0. The van der Waals surface area contributed by atoms with Gasteiger partial charge in [-0.2, -0.15) is 0 Å². The predicted molar refractivity (Wildman–Crippen MR) is 61.7 cm³/mol. The average Bonchev–Trinajstić information content (AvgIpc) is 2.69. The van der Waals surface area contributed by atoms with E-state index >= 15 is 0 Å². The van der Waals surface area contributed by atoms with E-state index in [2.05, 4.69) is 46.8 Å². The molecule has 0 saturated carbocycles. The molecule has 5 heteroatoms. The van der Waals surface area contributed by atoms with E-state index in [1.54, 1.807) is 0 Å². The van der Waals surface area contributed by atoms with Gasteiger partial charge in [0.2, 0.25) is 5.13 Å². The van der Waals surface area contributed by atoms with Crippen LogP contribution in [0.25, 0.3) is 0 Å². The van der Waals surface area contributed by atoms with Crippen molar-refractivity contribution < 1.29 is 0 Å². The summed E-state index contributed by atoms with van der Waals surface area (Å²) in [7, 11) is 1.97. The molecule has 0 N–H and O–H groups in total. The first-order valence-corrected chi connectivity index (χ1v) is 5.42. The van der Waals surface area contributed by atoms with E-state index < -0.39 is 0 Å². The van der Waals surface area contributed by atoms with E-state index in [1.165, 1.54) is 22.7 Å². The molecule has 1 aromatic heterocycles. The van der Waals surface area contributed by atoms with Gasteiger partial charge in [-0.05, 0) is 30.7 Å². The molecule has 0 saturated heterocycles. The molecule has 0 spiro atoms. The average molecular weight is 220 g/mol. The molecule has 0 radical (unpaired) electrons. The molecule has 2 rings (SSSR count). The Bertz CT molecular complexity index is 452. The highest BCUT2D eigenvalue weighted by Gasteiger charge is 2.10. The molecule has 1 heterocycles. The van der Waals surface area contributed by atoms with Gasteiger partial charge in [-0.3, -0.25) is 0 Å². The summed E-state index contributed by atoms with van der Waals surface area (Å²) in [5, 5.41) is 8.34. The molecule has 2 aromatic rings. The minimum Gasteiger partial charge on any atom is -0.318 e. The highest BCUT2D eigenvalue weighted by atomic mass is 32.1. The van der Waals surface area contributed by atoms with Crippen molar-refractivity contribution in [1.82, 2.24) is 14.8 Å². The van der Waals surface area contributed by atoms with Gasteiger partial charge in [0.15, 0.2) is 0 Å². The van der Waals surface area contributed by atoms with Gasteiger partial charge >= 0.3 is 0 Å². The molecule has 4 nitrogen and oxygen atoms in total. The van der Waals surface area contributed by atoms with E-state index in [-0.39, 0.29) is 0 Å². The monoisotopic (exact) mass is 220 g/mol. The number of aromatic nitrogens is 3. The zero-order chi connectivity index (χ0) is 10.8. The number of benzene rings is 1. The Labute approximate surface area is 92.7 Å². The smallest absolute Gasteiger partial charge is 0.232 e. The van der Waals surface area contributed by atoms with Crippen molar-refractivity contribution in [3.05, 3.63) is 29.3 Å². The summed E-state index contributed by atoms with van der Waals surface area (Å²) in [4.78, 5) is 2.00. The van der Waals surface area contributed by atoms with Crippen LogP contribution in [-0.2, 0) is 0 Å². The van der Waals surface area contributed by atoms with Crippen molar-refractivity contribution in [1.29, 1.82) is 0 Å². The first-order valence-electron chi connectivity index (χ1n) is 4.64. The second kappa shape index (κ2) is 3.94. The Kier molecular flexibility index (Phi) is 2.64. The molecular formula is C10H12N4S. The van der Waals surface area contributed by atoms with Crippen molar-refractivity contribution >= 4 is 22.4 Å². The Balaban J connectivity index is 2.38. The summed E-state index contributed by atoms with van der Waals surface area (Å²) in [5.74, 6) is 0. The third kappa shape index (κ3) is 1.97. The van der Waals surface area contributed by atoms with Crippen molar-refractivity contribution in [3.8, 4) is 0 Å². The van der Waals surface area contributed by atoms with Crippen molar-refractivity contribution in [3.63, 3.8) is 0 Å². The van der Waals surface area contributed by atoms with Crippen LogP contribution in [0, 0.1) is 13.8 Å². The minimum absolute atomic E-state index is 0.807. The van der Waals surface area contributed by atoms with Gasteiger partial charge in [0.05, 0.1) is 0 Å². The van der Waals surface area contributed by atoms with Gasteiger partial charge in [-0.25, -0.2) is 0 Å². The molecule has 0 atom stereocenters. The Morgan fingerprint density at radius 1 is 1.27 bits per heavy atom. The van der Waals surface area contributed by atoms with E-state index in [9.17, 15) is 0 Å². The van der Waals surface area contributed by atoms with Crippen LogP contribution >= 0.6 is 11.5 Å². The molecule has 0 amide bonds. The van der Waals surface area contributed by atoms with Crippen LogP contribution in [0.3, 0.4) is 0 Å². The van der Waals surface area contributed by atoms with Gasteiger partial charge in [0.25, 0.3) is 0 Å². The lowest BCUT2D eigenvalue weighted by Gasteiger charge is -2.17. The van der Waals surface area contributed by atoms with Crippen LogP contribution in [-0.4, -0.2) is 21.8 Å². The fourth-order valence-corrected chi connectivity index (χ4v) is 1.98. The quantitative estimate of drug-likeness (QED) is 0.779. The first kappa shape index (κ1) is 10.0. The summed E-state index contributed by atoms with van der Waals surface area (Å²) < 4.78 is 3.75. The highest BCUT2D eigenvalue weighted by molar-refractivity contribution is 7.09. The lowest BCUT2D eigenvalue weighted by atomic mass is 10.1. The van der Waals surface area contributed by atoms with Gasteiger partial charge in [-0.1, -0.05) is 27.3 Å². The van der Waals surface area contributed by atoms with Crippen LogP contribution < -0.4 is 4.90 Å². The summed E-state index contributed by atoms with van der Waals surface area (Å²) in [6, 6.07) is 6.33. The maximum absolute atomic E-state index is 3.94. The largest absolute Gasteiger partial charge is 0.318 e. The zero-order valence-corrected chi connectivity index (χ0v) is 9.75. The van der Waals surface area contributed by atoms with Gasteiger partial charge < -0.3 is 4.90 Å². The number of anilines is 2. The molecule has 0 bridgehead atoms. The molecular weight excluding hydrogens is 208 g/mol. The van der Waals surface area contributed by atoms with E-state index in [1.807, 2.05) is 11.9 Å². The fourth-order valence-electron chi connectivity index (χ4n) is 1.54. The van der Waals surface area contributed by atoms with E-state index in [0.29, 0.717) is 0 Å². The van der Waals surface area contributed by atoms with Crippen molar-refractivity contribution in [2.75, 3.05) is 11.9 Å². The molecule has 1 aromatic carbocycles. The predicted octanol–water partition coefficient (Wildman–Crippen LogP) is 2.32. The summed E-state index contributed by atoms with van der Waals surface area (Å²) in [5.41, 5.74) is 3.63. The van der Waals surface area contributed by atoms with Gasteiger partial charge in [0, 0.05) is 24.3 Å². The number of nitrogens with zero attached hydrogens (tertiary/aromatic N) is 4. The molecule has 78 valence electrons. The Hall–Kier alpha value is -1.49. The molecule has 0 aliphatic rings. The molecule has 0 aliphatic carbocycles. The van der Waals surface area contributed by atoms with Gasteiger partial charge in [0.1, 0.15) is 0 Å². The fraction of sp³-hybridized carbons (Fsp3) is 0.300. The number of rotatable bonds is 2. The molecule has 15 heavy (non-hydrogen) atoms. The van der Waals surface area contributed by atoms with Crippen LogP contribution in [0.1, 0.15) is 11.1 Å². The van der Waals surface area contributed by atoms with E-state index in [4.69, 9.17) is 0 Å². The number of hydrogen-bond donors (Lipinski definition) is 0. The minimum atomic E-state index is 0.807. The third-order valence-electron chi connectivity index (χ3n) is 2.29. The maximum atomic E-state index is 3.94. The first-order chi connectivity index (χ1) is 7.18. The van der Waals surface area contributed by atoms with Crippen molar-refractivity contribution in [2.45, 2.75) is 13.8 Å². The zero-order valence-electron chi connectivity index (χ0n) is 8.93. The molecule has 0 fully saturated rings. The highest BCUT2D eigenvalue weighted by Crippen LogP contribution is 2.26. The lowest BCUT2D eigenvalue weighted by molar-refractivity contribution is 0.943. The second-order valence-electron chi connectivity index (χ2n) is 3.49. The Morgan fingerprint density at radius 3 is 2.67 bits per heavy atom. The molecule has 0 aliphatic heterocycles. The summed E-state index contributed by atoms with van der Waals surface area (Å²) >= 11 is 1.29. The van der Waals surface area contributed by atoms with Crippen LogP contribution in [0.2, 0.25) is 0 Å². The molecule has 0 unspecified atom stereocenters. The SMILES string of the molecule is Cc1ccc(N(C)c2nnns2)c(C)c1. The van der Waals surface area contributed by atoms with Crippen LogP contribution in [0.5, 0.6) is 0 Å². The van der Waals surface area contributed by atoms with E-state index in [0.717, 1.165) is 10.8 Å². The van der Waals surface area contributed by atoms with Crippen molar-refractivity contribution in [2.24, 2.45) is 0 Å². The van der Waals surface area contributed by atoms with Gasteiger partial charge in [-0.15, -0.1) is 0 Å². The maximum Gasteiger partial charge on any atom is 0.232 e. The summed E-state index contributed by atoms with van der Waals surface area (Å²) in [6.45, 7) is 4.18. The second-order valence-corrected chi connectivity index (χ2v) is 4.20. The number of aryl methyl sites for hydroxylation is 2. The lowest BCUT2D eigenvalue weighted by Crippen LogP contribution is -2.10. The number of hydrogen-bond acceptors (Lipinski definition) is 5. The Morgan fingerprint density at radius 2 is 2.07 bits per heavy atom. The van der Waals surface area contributed by atoms with Crippen LogP contribution in [0.15, 0.2) is 18.2 Å². The normalized spacial score (nSPS) is 10.3. The third-order valence-corrected chi connectivity index (χ3v) is 2.96.